The van der Waals surface area contributed by atoms with Gasteiger partial charge in [-0.15, -0.1) is 0 Å². The number of aromatic nitrogens is 5. The number of amides is 1. The van der Waals surface area contributed by atoms with Crippen LogP contribution in [0.25, 0.3) is 27.6 Å². The number of aryl methyl sites for hydroxylation is 1. The zero-order chi connectivity index (χ0) is 24.7. The summed E-state index contributed by atoms with van der Waals surface area (Å²) in [5.41, 5.74) is 1.41. The minimum atomic E-state index is -4.54. The Morgan fingerprint density at radius 2 is 1.94 bits per heavy atom. The van der Waals surface area contributed by atoms with Crippen molar-refractivity contribution in [3.63, 3.8) is 0 Å². The van der Waals surface area contributed by atoms with Crippen LogP contribution in [0.4, 0.5) is 13.2 Å². The summed E-state index contributed by atoms with van der Waals surface area (Å²) in [6.45, 7) is -0.0194. The SMILES string of the molecule is Cn1cc2c3cc(C(=O)NCC(O)c4ccccn4)ccc3n(-c3ccc(C(F)(F)F)nc3)c2n1. The Morgan fingerprint density at radius 3 is 2.63 bits per heavy atom. The van der Waals surface area contributed by atoms with Crippen LogP contribution < -0.4 is 5.32 Å². The molecular weight excluding hydrogens is 461 g/mol. The normalized spacial score (nSPS) is 12.8. The van der Waals surface area contributed by atoms with E-state index in [0.717, 1.165) is 17.6 Å². The maximum Gasteiger partial charge on any atom is 0.433 e. The highest BCUT2D eigenvalue weighted by Crippen LogP contribution is 2.33. The molecule has 2 N–H and O–H groups in total. The number of hydrogen-bond donors (Lipinski definition) is 2. The summed E-state index contributed by atoms with van der Waals surface area (Å²) >= 11 is 0. The van der Waals surface area contributed by atoms with Crippen LogP contribution in [-0.2, 0) is 13.2 Å². The molecule has 0 fully saturated rings. The Morgan fingerprint density at radius 1 is 1.11 bits per heavy atom. The standard InChI is InChI=1S/C24H19F3N6O2/c1-32-13-17-16-10-14(23(35)30-12-20(34)18-4-2-3-9-28-18)5-7-19(16)33(22(17)31-32)15-6-8-21(29-11-15)24(25,26)27/h2-11,13,20,34H,12H2,1H3,(H,30,35). The minimum Gasteiger partial charge on any atom is -0.385 e. The molecule has 1 amide bonds. The molecule has 0 radical (unpaired) electrons. The van der Waals surface area contributed by atoms with E-state index < -0.39 is 18.0 Å². The van der Waals surface area contributed by atoms with E-state index in [1.165, 1.54) is 6.07 Å². The van der Waals surface area contributed by atoms with Gasteiger partial charge in [0.05, 0.1) is 23.1 Å². The van der Waals surface area contributed by atoms with Crippen molar-refractivity contribution in [2.24, 2.45) is 7.05 Å². The van der Waals surface area contributed by atoms with E-state index in [2.05, 4.69) is 20.4 Å². The van der Waals surface area contributed by atoms with Crippen molar-refractivity contribution >= 4 is 27.8 Å². The van der Waals surface area contributed by atoms with Crippen LogP contribution in [0.3, 0.4) is 0 Å². The third-order valence-corrected chi connectivity index (χ3v) is 5.59. The first kappa shape index (κ1) is 22.5. The van der Waals surface area contributed by atoms with Crippen LogP contribution in [0.5, 0.6) is 0 Å². The van der Waals surface area contributed by atoms with Crippen molar-refractivity contribution in [3.8, 4) is 5.69 Å². The lowest BCUT2D eigenvalue weighted by molar-refractivity contribution is -0.141. The number of carbonyl (C=O) groups excluding carboxylic acids is 1. The van der Waals surface area contributed by atoms with E-state index in [1.54, 1.807) is 65.1 Å². The first-order valence-electron chi connectivity index (χ1n) is 10.6. The number of alkyl halides is 3. The van der Waals surface area contributed by atoms with Gasteiger partial charge in [-0.05, 0) is 42.5 Å². The molecule has 11 heteroatoms. The molecule has 1 aromatic carbocycles. The number of rotatable bonds is 5. The third-order valence-electron chi connectivity index (χ3n) is 5.59. The van der Waals surface area contributed by atoms with Gasteiger partial charge in [0.25, 0.3) is 5.91 Å². The number of fused-ring (bicyclic) bond motifs is 3. The van der Waals surface area contributed by atoms with E-state index in [1.807, 2.05) is 0 Å². The van der Waals surface area contributed by atoms with Crippen LogP contribution in [0, 0.1) is 0 Å². The molecule has 0 saturated heterocycles. The summed E-state index contributed by atoms with van der Waals surface area (Å²) in [5, 5.41) is 18.8. The maximum absolute atomic E-state index is 13.0. The van der Waals surface area contributed by atoms with E-state index >= 15 is 0 Å². The van der Waals surface area contributed by atoms with E-state index in [-0.39, 0.29) is 12.5 Å². The highest BCUT2D eigenvalue weighted by atomic mass is 19.4. The lowest BCUT2D eigenvalue weighted by atomic mass is 10.1. The monoisotopic (exact) mass is 480 g/mol. The molecule has 0 aliphatic carbocycles. The molecular formula is C24H19F3N6O2. The molecule has 0 saturated carbocycles. The summed E-state index contributed by atoms with van der Waals surface area (Å²) in [6, 6.07) is 12.4. The Bertz CT molecular complexity index is 1520. The lowest BCUT2D eigenvalue weighted by Crippen LogP contribution is -2.28. The molecule has 0 spiro atoms. The van der Waals surface area contributed by atoms with Crippen molar-refractivity contribution in [1.82, 2.24) is 29.6 Å². The van der Waals surface area contributed by atoms with Gasteiger partial charge in [-0.2, -0.15) is 18.3 Å². The molecule has 1 unspecified atom stereocenters. The molecule has 35 heavy (non-hydrogen) atoms. The third kappa shape index (κ3) is 4.21. The number of aliphatic hydroxyl groups is 1. The van der Waals surface area contributed by atoms with Crippen molar-refractivity contribution < 1.29 is 23.1 Å². The molecule has 5 aromatic rings. The van der Waals surface area contributed by atoms with Gasteiger partial charge in [-0.1, -0.05) is 6.07 Å². The highest BCUT2D eigenvalue weighted by molar-refractivity contribution is 6.10. The molecule has 1 atom stereocenters. The number of pyridine rings is 2. The van der Waals surface area contributed by atoms with Crippen LogP contribution in [0.2, 0.25) is 0 Å². The fourth-order valence-electron chi connectivity index (χ4n) is 3.95. The zero-order valence-electron chi connectivity index (χ0n) is 18.4. The quantitative estimate of drug-likeness (QED) is 0.399. The fraction of sp³-hybridized carbons (Fsp3) is 0.167. The van der Waals surface area contributed by atoms with Crippen molar-refractivity contribution in [2.45, 2.75) is 12.3 Å². The number of benzene rings is 1. The predicted octanol–water partition coefficient (Wildman–Crippen LogP) is 3.79. The average molecular weight is 480 g/mol. The van der Waals surface area contributed by atoms with Gasteiger partial charge in [0.2, 0.25) is 0 Å². The topological polar surface area (TPSA) is 97.9 Å². The minimum absolute atomic E-state index is 0.0194. The number of hydrogen-bond acceptors (Lipinski definition) is 5. The Hall–Kier alpha value is -4.25. The van der Waals surface area contributed by atoms with Crippen LogP contribution >= 0.6 is 0 Å². The Labute approximate surface area is 196 Å². The van der Waals surface area contributed by atoms with Gasteiger partial charge in [0.1, 0.15) is 11.8 Å². The van der Waals surface area contributed by atoms with Crippen molar-refractivity contribution in [2.75, 3.05) is 6.54 Å². The second kappa shape index (κ2) is 8.51. The Kier molecular flexibility index (Phi) is 5.48. The molecule has 0 bridgehead atoms. The van der Waals surface area contributed by atoms with E-state index in [0.29, 0.717) is 33.5 Å². The van der Waals surface area contributed by atoms with E-state index in [9.17, 15) is 23.1 Å². The smallest absolute Gasteiger partial charge is 0.385 e. The second-order valence-electron chi connectivity index (χ2n) is 7.99. The lowest BCUT2D eigenvalue weighted by Gasteiger charge is -2.12. The van der Waals surface area contributed by atoms with Gasteiger partial charge < -0.3 is 10.4 Å². The molecule has 5 rings (SSSR count). The highest BCUT2D eigenvalue weighted by Gasteiger charge is 2.32. The van der Waals surface area contributed by atoms with Gasteiger partial charge in [-0.25, -0.2) is 4.98 Å². The van der Waals surface area contributed by atoms with Gasteiger partial charge in [0.15, 0.2) is 5.65 Å². The van der Waals surface area contributed by atoms with Crippen molar-refractivity contribution in [1.29, 1.82) is 0 Å². The predicted molar refractivity (Wildman–Crippen MR) is 122 cm³/mol. The fourth-order valence-corrected chi connectivity index (χ4v) is 3.95. The average Bonchev–Trinajstić information content (AvgIpc) is 3.36. The maximum atomic E-state index is 13.0. The first-order chi connectivity index (χ1) is 16.7. The van der Waals surface area contributed by atoms with Gasteiger partial charge >= 0.3 is 6.18 Å². The number of nitrogens with zero attached hydrogens (tertiary/aromatic N) is 5. The van der Waals surface area contributed by atoms with Crippen LogP contribution in [0.15, 0.2) is 67.1 Å². The molecule has 178 valence electrons. The molecule has 4 aromatic heterocycles. The second-order valence-corrected chi connectivity index (χ2v) is 7.99. The van der Waals surface area contributed by atoms with Gasteiger partial charge in [-0.3, -0.25) is 19.0 Å². The van der Waals surface area contributed by atoms with Crippen molar-refractivity contribution in [3.05, 3.63) is 84.1 Å². The summed E-state index contributed by atoms with van der Waals surface area (Å²) in [4.78, 5) is 20.4. The molecule has 0 aliphatic rings. The van der Waals surface area contributed by atoms with E-state index in [4.69, 9.17) is 0 Å². The summed E-state index contributed by atoms with van der Waals surface area (Å²) in [7, 11) is 1.73. The first-order valence-corrected chi connectivity index (χ1v) is 10.6. The number of aliphatic hydroxyl groups excluding tert-OH is 1. The largest absolute Gasteiger partial charge is 0.433 e. The molecule has 4 heterocycles. The summed E-state index contributed by atoms with van der Waals surface area (Å²) < 4.78 is 42.2. The summed E-state index contributed by atoms with van der Waals surface area (Å²) in [5.74, 6) is -0.386. The number of carbonyl (C=O) groups is 1. The Balaban J connectivity index is 1.49. The summed E-state index contributed by atoms with van der Waals surface area (Å²) in [6.07, 6.45) is -1.01. The van der Waals surface area contributed by atoms with Crippen LogP contribution in [0.1, 0.15) is 27.8 Å². The van der Waals surface area contributed by atoms with Crippen LogP contribution in [-0.4, -0.2) is 41.9 Å². The zero-order valence-corrected chi connectivity index (χ0v) is 18.4. The molecule has 8 nitrogen and oxygen atoms in total. The van der Waals surface area contributed by atoms with Gasteiger partial charge in [0, 0.05) is 42.3 Å². The molecule has 0 aliphatic heterocycles. The number of halogens is 3. The number of nitrogens with one attached hydrogen (secondary N) is 1.